The minimum absolute atomic E-state index is 0.0888. The van der Waals surface area contributed by atoms with Crippen molar-refractivity contribution in [2.24, 2.45) is 0 Å². The van der Waals surface area contributed by atoms with Gasteiger partial charge in [0.05, 0.1) is 23.6 Å². The lowest BCUT2D eigenvalue weighted by atomic mass is 10.3. The number of esters is 1. The molecule has 26 heavy (non-hydrogen) atoms. The lowest BCUT2D eigenvalue weighted by Crippen LogP contribution is -2.13. The van der Waals surface area contributed by atoms with E-state index in [1.165, 1.54) is 17.6 Å². The van der Waals surface area contributed by atoms with Gasteiger partial charge in [-0.25, -0.2) is 4.79 Å². The highest BCUT2D eigenvalue weighted by molar-refractivity contribution is 7.99. The van der Waals surface area contributed by atoms with E-state index in [-0.39, 0.29) is 28.7 Å². The highest BCUT2D eigenvalue weighted by Crippen LogP contribution is 2.28. The van der Waals surface area contributed by atoms with Gasteiger partial charge < -0.3 is 18.9 Å². The third-order valence-corrected chi connectivity index (χ3v) is 5.06. The van der Waals surface area contributed by atoms with Crippen LogP contribution in [-0.4, -0.2) is 34.4 Å². The Hall–Kier alpha value is -2.59. The lowest BCUT2D eigenvalue weighted by molar-refractivity contribution is -0.113. The van der Waals surface area contributed by atoms with Crippen LogP contribution in [0.4, 0.5) is 5.00 Å². The van der Waals surface area contributed by atoms with Crippen molar-refractivity contribution in [2.75, 3.05) is 17.7 Å². The highest BCUT2D eigenvalue weighted by atomic mass is 32.2. The van der Waals surface area contributed by atoms with E-state index in [2.05, 4.69) is 15.5 Å². The maximum atomic E-state index is 12.1. The van der Waals surface area contributed by atoms with Crippen molar-refractivity contribution >= 4 is 40.0 Å². The van der Waals surface area contributed by atoms with Gasteiger partial charge in [0.1, 0.15) is 4.88 Å². The van der Waals surface area contributed by atoms with E-state index < -0.39 is 0 Å². The molecule has 0 aliphatic carbocycles. The first-order valence-corrected chi connectivity index (χ1v) is 9.44. The van der Waals surface area contributed by atoms with Gasteiger partial charge in [-0.2, -0.15) is 0 Å². The molecule has 1 N–H and O–H groups in total. The summed E-state index contributed by atoms with van der Waals surface area (Å²) in [6.45, 7) is 3.84. The molecule has 3 aromatic rings. The molecule has 136 valence electrons. The molecule has 0 spiro atoms. The molecule has 0 aliphatic rings. The lowest BCUT2D eigenvalue weighted by Gasteiger charge is -2.00. The Morgan fingerprint density at radius 3 is 2.96 bits per heavy atom. The third-order valence-electron chi connectivity index (χ3n) is 3.11. The first-order valence-electron chi connectivity index (χ1n) is 7.64. The molecule has 0 saturated heterocycles. The van der Waals surface area contributed by atoms with Crippen LogP contribution >= 0.6 is 23.1 Å². The second-order valence-corrected chi connectivity index (χ2v) is 7.01. The average molecular weight is 393 g/mol. The fourth-order valence-corrected chi connectivity index (χ4v) is 3.56. The zero-order chi connectivity index (χ0) is 18.5. The van der Waals surface area contributed by atoms with Crippen molar-refractivity contribution in [1.29, 1.82) is 0 Å². The monoisotopic (exact) mass is 393 g/mol. The summed E-state index contributed by atoms with van der Waals surface area (Å²) >= 11 is 2.29. The molecular weight excluding hydrogens is 378 g/mol. The Bertz CT molecular complexity index is 901. The van der Waals surface area contributed by atoms with E-state index in [4.69, 9.17) is 13.6 Å². The van der Waals surface area contributed by atoms with Crippen molar-refractivity contribution < 1.29 is 23.2 Å². The number of anilines is 1. The number of nitrogens with one attached hydrogen (secondary N) is 1. The molecule has 3 rings (SSSR count). The second kappa shape index (κ2) is 8.19. The van der Waals surface area contributed by atoms with E-state index in [1.807, 2.05) is 0 Å². The standard InChI is InChI=1S/C16H15N3O5S2/c1-3-22-15(21)13-9(2)7-12(26-13)17-11(20)8-25-16-19-18-14(24-16)10-5-4-6-23-10/h4-7H,3,8H2,1-2H3,(H,17,20). The second-order valence-electron chi connectivity index (χ2n) is 5.03. The van der Waals surface area contributed by atoms with Gasteiger partial charge in [-0.1, -0.05) is 11.8 Å². The smallest absolute Gasteiger partial charge is 0.348 e. The first kappa shape index (κ1) is 18.2. The third kappa shape index (κ3) is 4.33. The molecule has 10 heteroatoms. The van der Waals surface area contributed by atoms with E-state index in [0.29, 0.717) is 22.2 Å². The summed E-state index contributed by atoms with van der Waals surface area (Å²) < 4.78 is 15.6. The summed E-state index contributed by atoms with van der Waals surface area (Å²) in [4.78, 5) is 24.4. The maximum absolute atomic E-state index is 12.1. The summed E-state index contributed by atoms with van der Waals surface area (Å²) in [5.74, 6) is 0.177. The number of carbonyl (C=O) groups excluding carboxylic acids is 2. The quantitative estimate of drug-likeness (QED) is 0.479. The zero-order valence-corrected chi connectivity index (χ0v) is 15.6. The Labute approximate surface area is 156 Å². The molecule has 0 fully saturated rings. The number of hydrogen-bond donors (Lipinski definition) is 1. The molecule has 3 heterocycles. The summed E-state index contributed by atoms with van der Waals surface area (Å²) in [6.07, 6.45) is 1.51. The molecule has 0 saturated carbocycles. The van der Waals surface area contributed by atoms with Crippen LogP contribution in [-0.2, 0) is 9.53 Å². The summed E-state index contributed by atoms with van der Waals surface area (Å²) in [5.41, 5.74) is 0.761. The number of thiophene rings is 1. The van der Waals surface area contributed by atoms with Crippen LogP contribution in [0.1, 0.15) is 22.2 Å². The van der Waals surface area contributed by atoms with Crippen molar-refractivity contribution in [3.63, 3.8) is 0 Å². The largest absolute Gasteiger partial charge is 0.462 e. The minimum Gasteiger partial charge on any atom is -0.462 e. The Morgan fingerprint density at radius 2 is 2.23 bits per heavy atom. The van der Waals surface area contributed by atoms with Gasteiger partial charge in [-0.05, 0) is 37.6 Å². The Balaban J connectivity index is 1.55. The zero-order valence-electron chi connectivity index (χ0n) is 14.0. The van der Waals surface area contributed by atoms with Crippen LogP contribution in [0.5, 0.6) is 0 Å². The molecule has 3 aromatic heterocycles. The number of ether oxygens (including phenoxy) is 1. The molecule has 1 amide bonds. The van der Waals surface area contributed by atoms with Crippen molar-refractivity contribution in [3.05, 3.63) is 34.9 Å². The molecule has 0 atom stereocenters. The predicted molar refractivity (Wildman–Crippen MR) is 96.4 cm³/mol. The van der Waals surface area contributed by atoms with E-state index in [9.17, 15) is 9.59 Å². The summed E-state index contributed by atoms with van der Waals surface area (Å²) in [5, 5.41) is 11.3. The molecular formula is C16H15N3O5S2. The topological polar surface area (TPSA) is 107 Å². The average Bonchev–Trinajstić information content (AvgIpc) is 3.33. The molecule has 0 radical (unpaired) electrons. The number of furan rings is 1. The van der Waals surface area contributed by atoms with Crippen LogP contribution in [0, 0.1) is 6.92 Å². The Morgan fingerprint density at radius 1 is 1.38 bits per heavy atom. The van der Waals surface area contributed by atoms with Gasteiger partial charge in [-0.15, -0.1) is 21.5 Å². The van der Waals surface area contributed by atoms with Crippen LogP contribution in [0.3, 0.4) is 0 Å². The summed E-state index contributed by atoms with van der Waals surface area (Å²) in [7, 11) is 0. The van der Waals surface area contributed by atoms with Gasteiger partial charge in [0.2, 0.25) is 5.91 Å². The molecule has 0 unspecified atom stereocenters. The predicted octanol–water partition coefficient (Wildman–Crippen LogP) is 3.61. The molecule has 0 aliphatic heterocycles. The van der Waals surface area contributed by atoms with Gasteiger partial charge >= 0.3 is 5.97 Å². The van der Waals surface area contributed by atoms with Gasteiger partial charge in [0.15, 0.2) is 5.76 Å². The normalized spacial score (nSPS) is 10.7. The van der Waals surface area contributed by atoms with E-state index in [0.717, 1.165) is 17.3 Å². The fraction of sp³-hybridized carbons (Fsp3) is 0.250. The summed E-state index contributed by atoms with van der Waals surface area (Å²) in [6, 6.07) is 5.16. The number of thioether (sulfide) groups is 1. The van der Waals surface area contributed by atoms with Crippen LogP contribution in [0.2, 0.25) is 0 Å². The van der Waals surface area contributed by atoms with Crippen LogP contribution in [0.25, 0.3) is 11.7 Å². The highest BCUT2D eigenvalue weighted by Gasteiger charge is 2.17. The molecule has 0 aromatic carbocycles. The van der Waals surface area contributed by atoms with Crippen LogP contribution < -0.4 is 5.32 Å². The number of nitrogens with zero attached hydrogens (tertiary/aromatic N) is 2. The van der Waals surface area contributed by atoms with Crippen molar-refractivity contribution in [2.45, 2.75) is 19.1 Å². The number of amides is 1. The minimum atomic E-state index is -0.388. The van der Waals surface area contributed by atoms with E-state index in [1.54, 1.807) is 32.0 Å². The van der Waals surface area contributed by atoms with Gasteiger partial charge in [0.25, 0.3) is 11.1 Å². The number of hydrogen-bond acceptors (Lipinski definition) is 9. The molecule has 0 bridgehead atoms. The van der Waals surface area contributed by atoms with Crippen molar-refractivity contribution in [1.82, 2.24) is 10.2 Å². The van der Waals surface area contributed by atoms with Gasteiger partial charge in [-0.3, -0.25) is 4.79 Å². The maximum Gasteiger partial charge on any atom is 0.348 e. The van der Waals surface area contributed by atoms with Gasteiger partial charge in [0, 0.05) is 0 Å². The fourth-order valence-electron chi connectivity index (χ4n) is 2.01. The Kier molecular flexibility index (Phi) is 5.74. The SMILES string of the molecule is CCOC(=O)c1sc(NC(=O)CSc2nnc(-c3ccco3)o2)cc1C. The van der Waals surface area contributed by atoms with Crippen molar-refractivity contribution in [3.8, 4) is 11.7 Å². The molecule has 8 nitrogen and oxygen atoms in total. The first-order chi connectivity index (χ1) is 12.6. The van der Waals surface area contributed by atoms with Crippen LogP contribution in [0.15, 0.2) is 38.5 Å². The number of rotatable bonds is 7. The number of carbonyl (C=O) groups is 2. The van der Waals surface area contributed by atoms with E-state index >= 15 is 0 Å². The number of aromatic nitrogens is 2. The number of aryl methyl sites for hydroxylation is 1.